The van der Waals surface area contributed by atoms with Crippen LogP contribution in [0.15, 0.2) is 85.1 Å². The van der Waals surface area contributed by atoms with Gasteiger partial charge in [0.25, 0.3) is 0 Å². The predicted octanol–water partition coefficient (Wildman–Crippen LogP) is 16.9. The first-order valence-electron chi connectivity index (χ1n) is 33.9. The van der Waals surface area contributed by atoms with Gasteiger partial charge >= 0.3 is 5.97 Å². The molecule has 6 N–H and O–H groups in total. The van der Waals surface area contributed by atoms with Crippen molar-refractivity contribution in [3.05, 3.63) is 85.1 Å². The molecule has 0 aromatic carbocycles. The molecule has 0 aromatic heterocycles. The van der Waals surface area contributed by atoms with Gasteiger partial charge in [0.05, 0.1) is 25.4 Å². The SMILES string of the molecule is CCCCC/C=C\C/C=C\C/C=C\C/C=C\CCCCCC(=O)OC1C(OCC(NC(=O)C(O)CCCCCCCCCCCCCC/C=C\C/C=C\CCCCC)C(O)/C=C/CCCCCCCCCCCC)OC(CO)C(O)C1O. The Kier molecular flexibility index (Phi) is 54.6. The number of rotatable bonds is 57. The van der Waals surface area contributed by atoms with E-state index in [1.54, 1.807) is 6.08 Å². The summed E-state index contributed by atoms with van der Waals surface area (Å²) in [6.07, 6.45) is 66.1. The van der Waals surface area contributed by atoms with Gasteiger partial charge in [-0.05, 0) is 103 Å². The fourth-order valence-corrected chi connectivity index (χ4v) is 10.1. The summed E-state index contributed by atoms with van der Waals surface area (Å²) in [6, 6.07) is -1.04. The average molecular weight is 1150 g/mol. The summed E-state index contributed by atoms with van der Waals surface area (Å²) in [6.45, 7) is 5.73. The van der Waals surface area contributed by atoms with Crippen molar-refractivity contribution in [2.75, 3.05) is 13.2 Å². The molecule has 8 atom stereocenters. The minimum atomic E-state index is -1.63. The lowest BCUT2D eigenvalue weighted by Crippen LogP contribution is -2.61. The summed E-state index contributed by atoms with van der Waals surface area (Å²) in [5.41, 5.74) is 0. The van der Waals surface area contributed by atoms with E-state index in [0.717, 1.165) is 83.5 Å². The van der Waals surface area contributed by atoms with E-state index in [9.17, 15) is 35.1 Å². The highest BCUT2D eigenvalue weighted by Crippen LogP contribution is 2.26. The van der Waals surface area contributed by atoms with Crippen molar-refractivity contribution in [2.45, 2.75) is 339 Å². The molecule has 1 aliphatic heterocycles. The van der Waals surface area contributed by atoms with Crippen LogP contribution in [0.4, 0.5) is 0 Å². The molecule has 1 fully saturated rings. The summed E-state index contributed by atoms with van der Waals surface area (Å²) in [5.74, 6) is -1.23. The third-order valence-electron chi connectivity index (χ3n) is 15.5. The molecule has 11 heteroatoms. The molecule has 0 spiro atoms. The molecule has 0 bridgehead atoms. The number of hydrogen-bond acceptors (Lipinski definition) is 10. The number of hydrogen-bond donors (Lipinski definition) is 6. The predicted molar refractivity (Wildman–Crippen MR) is 342 cm³/mol. The van der Waals surface area contributed by atoms with Gasteiger partial charge in [0.1, 0.15) is 24.4 Å². The molecular weight excluding hydrogens is 1030 g/mol. The molecule has 82 heavy (non-hydrogen) atoms. The van der Waals surface area contributed by atoms with Crippen molar-refractivity contribution in [1.82, 2.24) is 5.32 Å². The van der Waals surface area contributed by atoms with Crippen LogP contribution in [0.3, 0.4) is 0 Å². The molecule has 11 nitrogen and oxygen atoms in total. The first-order chi connectivity index (χ1) is 40.2. The second-order valence-corrected chi connectivity index (χ2v) is 23.2. The summed E-state index contributed by atoms with van der Waals surface area (Å²) in [5, 5.41) is 57.1. The molecule has 8 unspecified atom stereocenters. The van der Waals surface area contributed by atoms with Crippen LogP contribution in [0.25, 0.3) is 0 Å². The fraction of sp³-hybridized carbons (Fsp3) is 0.775. The molecule has 0 saturated carbocycles. The smallest absolute Gasteiger partial charge is 0.306 e. The van der Waals surface area contributed by atoms with Crippen molar-refractivity contribution in [2.24, 2.45) is 0 Å². The van der Waals surface area contributed by atoms with Crippen LogP contribution in [0.1, 0.15) is 290 Å². The number of nitrogens with one attached hydrogen (secondary N) is 1. The third-order valence-corrected chi connectivity index (χ3v) is 15.5. The van der Waals surface area contributed by atoms with Gasteiger partial charge in [-0.15, -0.1) is 0 Å². The molecule has 0 aliphatic carbocycles. The Bertz CT molecular complexity index is 1660. The van der Waals surface area contributed by atoms with E-state index >= 15 is 0 Å². The average Bonchev–Trinajstić information content (AvgIpc) is 3.44. The molecule has 1 aliphatic rings. The van der Waals surface area contributed by atoms with E-state index in [4.69, 9.17) is 14.2 Å². The number of amides is 1. The first-order valence-corrected chi connectivity index (χ1v) is 33.9. The maximum Gasteiger partial charge on any atom is 0.306 e. The van der Waals surface area contributed by atoms with Crippen LogP contribution in [0, 0.1) is 0 Å². The van der Waals surface area contributed by atoms with Gasteiger partial charge in [-0.2, -0.15) is 0 Å². The maximum absolute atomic E-state index is 13.5. The number of unbranched alkanes of at least 4 members (excludes halogenated alkanes) is 31. The van der Waals surface area contributed by atoms with Crippen molar-refractivity contribution >= 4 is 11.9 Å². The van der Waals surface area contributed by atoms with Crippen LogP contribution >= 0.6 is 0 Å². The molecule has 1 heterocycles. The number of ether oxygens (including phenoxy) is 3. The lowest BCUT2D eigenvalue weighted by Gasteiger charge is -2.41. The van der Waals surface area contributed by atoms with Gasteiger partial charge in [0.15, 0.2) is 12.4 Å². The number of aliphatic hydroxyl groups excluding tert-OH is 5. The van der Waals surface area contributed by atoms with E-state index < -0.39 is 67.4 Å². The zero-order valence-electron chi connectivity index (χ0n) is 52.6. The van der Waals surface area contributed by atoms with E-state index in [0.29, 0.717) is 12.8 Å². The maximum atomic E-state index is 13.5. The molecule has 0 radical (unpaired) electrons. The minimum absolute atomic E-state index is 0.0835. The first kappa shape index (κ1) is 76.9. The Morgan fingerprint density at radius 3 is 1.28 bits per heavy atom. The van der Waals surface area contributed by atoms with Gasteiger partial charge in [-0.3, -0.25) is 9.59 Å². The van der Waals surface area contributed by atoms with Crippen molar-refractivity contribution < 1.29 is 49.3 Å². The zero-order valence-corrected chi connectivity index (χ0v) is 52.6. The second-order valence-electron chi connectivity index (χ2n) is 23.2. The van der Waals surface area contributed by atoms with Crippen molar-refractivity contribution in [1.29, 1.82) is 0 Å². The number of aliphatic hydroxyl groups is 5. The normalized spacial score (nSPS) is 19.1. The Labute approximate surface area is 502 Å². The monoisotopic (exact) mass is 1150 g/mol. The zero-order chi connectivity index (χ0) is 59.6. The molecule has 1 amide bonds. The van der Waals surface area contributed by atoms with Gasteiger partial charge in [-0.1, -0.05) is 266 Å². The van der Waals surface area contributed by atoms with E-state index in [1.165, 1.54) is 161 Å². The lowest BCUT2D eigenvalue weighted by molar-refractivity contribution is -0.305. The highest BCUT2D eigenvalue weighted by Gasteiger charge is 2.47. The van der Waals surface area contributed by atoms with Crippen LogP contribution in [0.2, 0.25) is 0 Å². The van der Waals surface area contributed by atoms with Crippen LogP contribution in [-0.2, 0) is 23.8 Å². The molecule has 1 rings (SSSR count). The van der Waals surface area contributed by atoms with Gasteiger partial charge in [0.2, 0.25) is 5.91 Å². The molecular formula is C71H125NO10. The number of carbonyl (C=O) groups is 2. The number of carbonyl (C=O) groups excluding carboxylic acids is 2. The summed E-state index contributed by atoms with van der Waals surface area (Å²) in [4.78, 5) is 26.6. The highest BCUT2D eigenvalue weighted by atomic mass is 16.7. The largest absolute Gasteiger partial charge is 0.454 e. The molecule has 0 aromatic rings. The standard InChI is InChI=1S/C71H125NO10/c1-4-7-10-13-16-19-22-25-27-29-31-32-33-35-36-38-40-43-46-49-52-55-58-64(75)70(79)72-62(63(74)57-54-51-48-45-42-24-21-18-15-12-9-6-3)61-80-71-69(68(78)67(77)65(60-73)81-71)82-66(76)59-56-53-50-47-44-41-39-37-34-30-28-26-23-20-17-14-11-8-5-2/h16-17,19-20,25-28,34,37,41,44,54,57,62-65,67-69,71,73-75,77-78H,4-15,18,21-24,29-33,35-36,38-40,42-43,45-53,55-56,58-61H2,1-3H3,(H,72,79)/b19-16-,20-17-,27-25-,28-26-,37-34-,44-41-,57-54+. The van der Waals surface area contributed by atoms with Gasteiger partial charge < -0.3 is 45.1 Å². The Morgan fingerprint density at radius 1 is 0.476 bits per heavy atom. The van der Waals surface area contributed by atoms with E-state index in [1.807, 2.05) is 6.08 Å². The fourth-order valence-electron chi connectivity index (χ4n) is 10.1. The summed E-state index contributed by atoms with van der Waals surface area (Å²) >= 11 is 0. The van der Waals surface area contributed by atoms with Crippen molar-refractivity contribution in [3.63, 3.8) is 0 Å². The Morgan fingerprint density at radius 2 is 0.841 bits per heavy atom. The van der Waals surface area contributed by atoms with E-state index in [2.05, 4.69) is 99.0 Å². The van der Waals surface area contributed by atoms with E-state index in [-0.39, 0.29) is 19.4 Å². The minimum Gasteiger partial charge on any atom is -0.454 e. The van der Waals surface area contributed by atoms with Crippen LogP contribution in [0.5, 0.6) is 0 Å². The number of allylic oxidation sites excluding steroid dienone is 13. The molecule has 1 saturated heterocycles. The Balaban J connectivity index is 2.64. The van der Waals surface area contributed by atoms with Crippen molar-refractivity contribution in [3.8, 4) is 0 Å². The highest BCUT2D eigenvalue weighted by molar-refractivity contribution is 5.80. The number of esters is 1. The van der Waals surface area contributed by atoms with Gasteiger partial charge in [0, 0.05) is 6.42 Å². The summed E-state index contributed by atoms with van der Waals surface area (Å²) in [7, 11) is 0. The molecule has 474 valence electrons. The van der Waals surface area contributed by atoms with Crippen LogP contribution in [-0.4, -0.2) is 99.6 Å². The second kappa shape index (κ2) is 58.2. The lowest BCUT2D eigenvalue weighted by atomic mass is 9.99. The summed E-state index contributed by atoms with van der Waals surface area (Å²) < 4.78 is 17.6. The topological polar surface area (TPSA) is 175 Å². The van der Waals surface area contributed by atoms with Crippen LogP contribution < -0.4 is 5.32 Å². The third kappa shape index (κ3) is 45.2. The Hall–Kier alpha value is -3.16. The van der Waals surface area contributed by atoms with Gasteiger partial charge in [-0.25, -0.2) is 0 Å². The quantitative estimate of drug-likeness (QED) is 0.0195.